The number of benzene rings is 1. The van der Waals surface area contributed by atoms with Crippen molar-refractivity contribution in [3.63, 3.8) is 0 Å². The number of hydrogen-bond donors (Lipinski definition) is 2. The first kappa shape index (κ1) is 25.4. The number of unbranched alkanes of at least 4 members (excludes halogenated alkanes) is 9. The van der Waals surface area contributed by atoms with E-state index >= 15 is 0 Å². The summed E-state index contributed by atoms with van der Waals surface area (Å²) in [6, 6.07) is 7.45. The zero-order chi connectivity index (χ0) is 23.1. The normalized spacial score (nSPS) is 15.1. The van der Waals surface area contributed by atoms with E-state index in [1.165, 1.54) is 96.8 Å². The Labute approximate surface area is 199 Å². The molecule has 2 N–H and O–H groups in total. The second-order valence-electron chi connectivity index (χ2n) is 9.35. The van der Waals surface area contributed by atoms with E-state index in [9.17, 15) is 4.79 Å². The second kappa shape index (κ2) is 14.8. The lowest BCUT2D eigenvalue weighted by Crippen LogP contribution is -2.44. The summed E-state index contributed by atoms with van der Waals surface area (Å²) in [5.74, 6) is 0.704. The van der Waals surface area contributed by atoms with Gasteiger partial charge in [0.2, 0.25) is 0 Å². The Morgan fingerprint density at radius 3 is 2.09 bits per heavy atom. The van der Waals surface area contributed by atoms with Crippen molar-refractivity contribution in [1.82, 2.24) is 30.3 Å². The fraction of sp³-hybridized carbons (Fsp3) is 0.654. The number of nitrogens with one attached hydrogen (secondary N) is 2. The van der Waals surface area contributed by atoms with E-state index in [4.69, 9.17) is 0 Å². The molecule has 0 radical (unpaired) electrons. The summed E-state index contributed by atoms with van der Waals surface area (Å²) < 4.78 is 0. The Balaban J connectivity index is 1.10. The smallest absolute Gasteiger partial charge is 0.251 e. The van der Waals surface area contributed by atoms with Gasteiger partial charge in [0.05, 0.1) is 0 Å². The number of aromatic amines is 1. The Bertz CT molecular complexity index is 769. The number of piperazine rings is 1. The van der Waals surface area contributed by atoms with Crippen LogP contribution < -0.4 is 5.32 Å². The van der Waals surface area contributed by atoms with Crippen LogP contribution in [0.25, 0.3) is 11.4 Å². The highest BCUT2D eigenvalue weighted by Gasteiger charge is 2.12. The Hall–Kier alpha value is -2.25. The summed E-state index contributed by atoms with van der Waals surface area (Å²) in [5.41, 5.74) is 1.61. The van der Waals surface area contributed by atoms with Gasteiger partial charge in [-0.1, -0.05) is 63.5 Å². The first-order valence-electron chi connectivity index (χ1n) is 12.9. The quantitative estimate of drug-likeness (QED) is 0.391. The van der Waals surface area contributed by atoms with Crippen LogP contribution in [0.2, 0.25) is 0 Å². The maximum atomic E-state index is 12.3. The minimum atomic E-state index is -0.00765. The highest BCUT2D eigenvalue weighted by Crippen LogP contribution is 2.15. The van der Waals surface area contributed by atoms with Gasteiger partial charge in [0.1, 0.15) is 6.33 Å². The minimum absolute atomic E-state index is 0.00765. The van der Waals surface area contributed by atoms with Crippen molar-refractivity contribution in [2.24, 2.45) is 0 Å². The van der Waals surface area contributed by atoms with Crippen LogP contribution in [0.4, 0.5) is 0 Å². The molecule has 0 aliphatic carbocycles. The molecule has 0 saturated carbocycles. The third-order valence-electron chi connectivity index (χ3n) is 6.62. The topological polar surface area (TPSA) is 77.2 Å². The molecular formula is C26H42N6O. The van der Waals surface area contributed by atoms with Gasteiger partial charge in [0.15, 0.2) is 5.82 Å². The van der Waals surface area contributed by atoms with Gasteiger partial charge in [0.25, 0.3) is 5.91 Å². The number of amides is 1. The lowest BCUT2D eigenvalue weighted by Gasteiger charge is -2.32. The van der Waals surface area contributed by atoms with Crippen molar-refractivity contribution in [3.8, 4) is 11.4 Å². The average Bonchev–Trinajstić information content (AvgIpc) is 3.38. The van der Waals surface area contributed by atoms with Crippen molar-refractivity contribution in [1.29, 1.82) is 0 Å². The third kappa shape index (κ3) is 9.64. The predicted octanol–water partition coefficient (Wildman–Crippen LogP) is 4.35. The number of H-pyrrole nitrogens is 1. The third-order valence-corrected chi connectivity index (χ3v) is 6.62. The molecule has 33 heavy (non-hydrogen) atoms. The molecule has 7 heteroatoms. The number of carbonyl (C=O) groups is 1. The fourth-order valence-electron chi connectivity index (χ4n) is 4.37. The Morgan fingerprint density at radius 1 is 0.879 bits per heavy atom. The Kier molecular flexibility index (Phi) is 11.4. The predicted molar refractivity (Wildman–Crippen MR) is 134 cm³/mol. The SMILES string of the molecule is CN1CCN(CCCCCCCCCCCCNC(=O)c2ccc(-c3ncn[nH]3)cc2)CC1. The molecule has 0 unspecified atom stereocenters. The van der Waals surface area contributed by atoms with Gasteiger partial charge >= 0.3 is 0 Å². The first-order valence-corrected chi connectivity index (χ1v) is 12.9. The van der Waals surface area contributed by atoms with Gasteiger partial charge in [0, 0.05) is 43.9 Å². The van der Waals surface area contributed by atoms with Gasteiger partial charge < -0.3 is 15.1 Å². The van der Waals surface area contributed by atoms with Gasteiger partial charge in [-0.2, -0.15) is 5.10 Å². The number of aromatic nitrogens is 3. The molecule has 1 aliphatic heterocycles. The number of likely N-dealkylation sites (N-methyl/N-ethyl adjacent to an activating group) is 1. The van der Waals surface area contributed by atoms with Crippen LogP contribution in [-0.4, -0.2) is 77.2 Å². The van der Waals surface area contributed by atoms with Crippen LogP contribution in [0.3, 0.4) is 0 Å². The van der Waals surface area contributed by atoms with E-state index in [-0.39, 0.29) is 5.91 Å². The van der Waals surface area contributed by atoms with Gasteiger partial charge in [-0.15, -0.1) is 0 Å². The molecule has 0 spiro atoms. The summed E-state index contributed by atoms with van der Waals surface area (Å²) in [5, 5.41) is 9.71. The number of rotatable bonds is 15. The van der Waals surface area contributed by atoms with Crippen molar-refractivity contribution in [3.05, 3.63) is 36.2 Å². The van der Waals surface area contributed by atoms with Crippen LogP contribution in [0, 0.1) is 0 Å². The summed E-state index contributed by atoms with van der Waals surface area (Å²) in [6.07, 6.45) is 14.5. The van der Waals surface area contributed by atoms with Crippen molar-refractivity contribution in [2.45, 2.75) is 64.2 Å². The molecule has 7 nitrogen and oxygen atoms in total. The molecule has 0 atom stereocenters. The van der Waals surface area contributed by atoms with E-state index in [0.717, 1.165) is 18.5 Å². The number of carbonyl (C=O) groups excluding carboxylic acids is 1. The molecular weight excluding hydrogens is 412 g/mol. The van der Waals surface area contributed by atoms with Crippen LogP contribution in [-0.2, 0) is 0 Å². The molecule has 1 amide bonds. The second-order valence-corrected chi connectivity index (χ2v) is 9.35. The number of hydrogen-bond acceptors (Lipinski definition) is 5. The highest BCUT2D eigenvalue weighted by molar-refractivity contribution is 5.94. The molecule has 1 fully saturated rings. The monoisotopic (exact) mass is 454 g/mol. The van der Waals surface area contributed by atoms with Gasteiger partial charge in [-0.05, 0) is 38.6 Å². The average molecular weight is 455 g/mol. The standard InChI is InChI=1S/C26H42N6O/c1-31-18-20-32(21-19-31)17-11-9-7-5-3-2-4-6-8-10-16-27-26(33)24-14-12-23(13-15-24)25-28-22-29-30-25/h12-15,22H,2-11,16-21H2,1H3,(H,27,33)(H,28,29,30). The summed E-state index contributed by atoms with van der Waals surface area (Å²) in [7, 11) is 2.22. The van der Waals surface area contributed by atoms with Crippen LogP contribution in [0.5, 0.6) is 0 Å². The van der Waals surface area contributed by atoms with E-state index in [1.807, 2.05) is 24.3 Å². The molecule has 1 aliphatic rings. The largest absolute Gasteiger partial charge is 0.352 e. The molecule has 1 saturated heterocycles. The summed E-state index contributed by atoms with van der Waals surface area (Å²) >= 11 is 0. The molecule has 2 aromatic rings. The van der Waals surface area contributed by atoms with E-state index in [1.54, 1.807) is 0 Å². The van der Waals surface area contributed by atoms with Crippen LogP contribution >= 0.6 is 0 Å². The molecule has 2 heterocycles. The first-order chi connectivity index (χ1) is 16.2. The lowest BCUT2D eigenvalue weighted by molar-refractivity contribution is 0.0953. The maximum Gasteiger partial charge on any atom is 0.251 e. The lowest BCUT2D eigenvalue weighted by atomic mass is 10.1. The Morgan fingerprint density at radius 2 is 1.48 bits per heavy atom. The van der Waals surface area contributed by atoms with E-state index < -0.39 is 0 Å². The molecule has 1 aromatic carbocycles. The van der Waals surface area contributed by atoms with Crippen LogP contribution in [0.15, 0.2) is 30.6 Å². The van der Waals surface area contributed by atoms with E-state index in [2.05, 4.69) is 37.3 Å². The molecule has 182 valence electrons. The fourth-order valence-corrected chi connectivity index (χ4v) is 4.37. The zero-order valence-electron chi connectivity index (χ0n) is 20.4. The summed E-state index contributed by atoms with van der Waals surface area (Å²) in [4.78, 5) is 21.4. The van der Waals surface area contributed by atoms with Crippen molar-refractivity contribution < 1.29 is 4.79 Å². The van der Waals surface area contributed by atoms with Gasteiger partial charge in [-0.3, -0.25) is 9.89 Å². The molecule has 3 rings (SSSR count). The molecule has 1 aromatic heterocycles. The van der Waals surface area contributed by atoms with Gasteiger partial charge in [-0.25, -0.2) is 4.98 Å². The summed E-state index contributed by atoms with van der Waals surface area (Å²) in [6.45, 7) is 6.99. The molecule has 0 bridgehead atoms. The van der Waals surface area contributed by atoms with Crippen molar-refractivity contribution >= 4 is 5.91 Å². The van der Waals surface area contributed by atoms with Crippen LogP contribution in [0.1, 0.15) is 74.6 Å². The van der Waals surface area contributed by atoms with Crippen molar-refractivity contribution in [2.75, 3.05) is 46.3 Å². The zero-order valence-corrected chi connectivity index (χ0v) is 20.4. The highest BCUT2D eigenvalue weighted by atomic mass is 16.1. The minimum Gasteiger partial charge on any atom is -0.352 e. The number of nitrogens with zero attached hydrogens (tertiary/aromatic N) is 4. The maximum absolute atomic E-state index is 12.3. The van der Waals surface area contributed by atoms with E-state index in [0.29, 0.717) is 11.4 Å².